The highest BCUT2D eigenvalue weighted by molar-refractivity contribution is 9.10. The van der Waals surface area contributed by atoms with Crippen LogP contribution in [0.25, 0.3) is 11.1 Å². The van der Waals surface area contributed by atoms with Crippen molar-refractivity contribution in [3.8, 4) is 28.4 Å². The standard InChI is InChI=1S/C25H25BrN2O4/c1-4-31-24-22(26)14-18(15-23(24)30-3)16-27-28-25(29)17(2)32-21-12-10-20(11-13-21)19-8-6-5-7-9-19/h5-17H,4H2,1-3H3,(H,28,29)/b27-16-/t17-/m1/s1. The molecule has 0 aromatic heterocycles. The maximum absolute atomic E-state index is 12.4. The first kappa shape index (κ1) is 23.3. The second-order valence-electron chi connectivity index (χ2n) is 6.85. The van der Waals surface area contributed by atoms with Crippen molar-refractivity contribution in [2.75, 3.05) is 13.7 Å². The molecule has 3 aromatic carbocycles. The van der Waals surface area contributed by atoms with Gasteiger partial charge in [-0.2, -0.15) is 5.10 Å². The minimum absolute atomic E-state index is 0.356. The predicted molar refractivity (Wildman–Crippen MR) is 130 cm³/mol. The number of benzene rings is 3. The van der Waals surface area contributed by atoms with Gasteiger partial charge in [0.2, 0.25) is 0 Å². The number of ether oxygens (including phenoxy) is 3. The van der Waals surface area contributed by atoms with Crippen molar-refractivity contribution < 1.29 is 19.0 Å². The molecule has 0 aliphatic rings. The number of methoxy groups -OCH3 is 1. The molecule has 0 aliphatic heterocycles. The van der Waals surface area contributed by atoms with E-state index in [1.807, 2.05) is 67.6 Å². The fourth-order valence-electron chi connectivity index (χ4n) is 2.97. The second-order valence-corrected chi connectivity index (χ2v) is 7.71. The number of hydrazone groups is 1. The highest BCUT2D eigenvalue weighted by atomic mass is 79.9. The summed E-state index contributed by atoms with van der Waals surface area (Å²) in [4.78, 5) is 12.4. The fourth-order valence-corrected chi connectivity index (χ4v) is 3.55. The third-order valence-corrected chi connectivity index (χ3v) is 5.16. The van der Waals surface area contributed by atoms with E-state index in [-0.39, 0.29) is 5.91 Å². The lowest BCUT2D eigenvalue weighted by atomic mass is 10.1. The number of halogens is 1. The highest BCUT2D eigenvalue weighted by Crippen LogP contribution is 2.36. The molecule has 0 fully saturated rings. The average Bonchev–Trinajstić information content (AvgIpc) is 2.81. The smallest absolute Gasteiger partial charge is 0.280 e. The molecule has 0 aliphatic carbocycles. The van der Waals surface area contributed by atoms with E-state index in [0.717, 1.165) is 21.2 Å². The van der Waals surface area contributed by atoms with Crippen molar-refractivity contribution in [3.05, 3.63) is 76.8 Å². The van der Waals surface area contributed by atoms with Crippen molar-refractivity contribution in [1.29, 1.82) is 0 Å². The van der Waals surface area contributed by atoms with Crippen molar-refractivity contribution in [1.82, 2.24) is 5.43 Å². The molecule has 1 N–H and O–H groups in total. The molecule has 0 saturated carbocycles. The van der Waals surface area contributed by atoms with Crippen LogP contribution >= 0.6 is 15.9 Å². The van der Waals surface area contributed by atoms with Crippen LogP contribution in [0.2, 0.25) is 0 Å². The van der Waals surface area contributed by atoms with Gasteiger partial charge in [0.05, 0.1) is 24.4 Å². The zero-order valence-electron chi connectivity index (χ0n) is 18.2. The summed E-state index contributed by atoms with van der Waals surface area (Å²) in [6.07, 6.45) is 0.818. The molecule has 0 unspecified atom stereocenters. The Hall–Kier alpha value is -3.32. The lowest BCUT2D eigenvalue weighted by Gasteiger charge is -2.13. The van der Waals surface area contributed by atoms with Crippen LogP contribution in [0, 0.1) is 0 Å². The lowest BCUT2D eigenvalue weighted by molar-refractivity contribution is -0.127. The molecular formula is C25H25BrN2O4. The number of hydrogen-bond acceptors (Lipinski definition) is 5. The Morgan fingerprint density at radius 2 is 1.78 bits per heavy atom. The minimum Gasteiger partial charge on any atom is -0.493 e. The number of nitrogens with one attached hydrogen (secondary N) is 1. The molecule has 6 nitrogen and oxygen atoms in total. The Kier molecular flexibility index (Phi) is 8.27. The number of hydrogen-bond donors (Lipinski definition) is 1. The van der Waals surface area contributed by atoms with E-state index in [2.05, 4.69) is 26.5 Å². The summed E-state index contributed by atoms with van der Waals surface area (Å²) in [5.74, 6) is 1.45. The van der Waals surface area contributed by atoms with Crippen LogP contribution in [-0.4, -0.2) is 31.9 Å². The number of carbonyl (C=O) groups excluding carboxylic acids is 1. The first-order valence-electron chi connectivity index (χ1n) is 10.2. The number of nitrogens with zero attached hydrogens (tertiary/aromatic N) is 1. The number of amides is 1. The minimum atomic E-state index is -0.712. The average molecular weight is 497 g/mol. The molecule has 7 heteroatoms. The van der Waals surface area contributed by atoms with Crippen LogP contribution in [0.1, 0.15) is 19.4 Å². The normalized spacial score (nSPS) is 11.8. The monoisotopic (exact) mass is 496 g/mol. The van der Waals surface area contributed by atoms with Crippen molar-refractivity contribution in [3.63, 3.8) is 0 Å². The van der Waals surface area contributed by atoms with Gasteiger partial charge in [-0.3, -0.25) is 4.79 Å². The van der Waals surface area contributed by atoms with E-state index in [4.69, 9.17) is 14.2 Å². The molecule has 0 bridgehead atoms. The summed E-state index contributed by atoms with van der Waals surface area (Å²) in [5, 5.41) is 4.03. The zero-order valence-corrected chi connectivity index (χ0v) is 19.8. The van der Waals surface area contributed by atoms with Crippen LogP contribution in [0.4, 0.5) is 0 Å². The van der Waals surface area contributed by atoms with Crippen molar-refractivity contribution >= 4 is 28.1 Å². The van der Waals surface area contributed by atoms with Gasteiger partial charge >= 0.3 is 0 Å². The molecule has 0 heterocycles. The van der Waals surface area contributed by atoms with Gasteiger partial charge in [-0.1, -0.05) is 42.5 Å². The van der Waals surface area contributed by atoms with Crippen LogP contribution < -0.4 is 19.6 Å². The maximum atomic E-state index is 12.4. The van der Waals surface area contributed by atoms with Crippen LogP contribution in [0.5, 0.6) is 17.2 Å². The van der Waals surface area contributed by atoms with E-state index >= 15 is 0 Å². The topological polar surface area (TPSA) is 69.2 Å². The second kappa shape index (κ2) is 11.3. The van der Waals surface area contributed by atoms with Gasteiger partial charge in [0.1, 0.15) is 5.75 Å². The molecule has 0 saturated heterocycles. The summed E-state index contributed by atoms with van der Waals surface area (Å²) in [6.45, 7) is 4.09. The first-order valence-corrected chi connectivity index (χ1v) is 11.0. The van der Waals surface area contributed by atoms with Gasteiger partial charge in [-0.15, -0.1) is 0 Å². The molecular weight excluding hydrogens is 472 g/mol. The summed E-state index contributed by atoms with van der Waals surface area (Å²) < 4.78 is 17.4. The van der Waals surface area contributed by atoms with Crippen molar-refractivity contribution in [2.24, 2.45) is 5.10 Å². The Morgan fingerprint density at radius 1 is 1.09 bits per heavy atom. The predicted octanol–water partition coefficient (Wildman–Crippen LogP) is 5.44. The Labute approximate surface area is 196 Å². The maximum Gasteiger partial charge on any atom is 0.280 e. The van der Waals surface area contributed by atoms with Gasteiger partial charge in [-0.25, -0.2) is 5.43 Å². The fraction of sp³-hybridized carbons (Fsp3) is 0.200. The van der Waals surface area contributed by atoms with Gasteiger partial charge in [0.25, 0.3) is 5.91 Å². The van der Waals surface area contributed by atoms with E-state index in [0.29, 0.717) is 23.9 Å². The molecule has 3 rings (SSSR count). The van der Waals surface area contributed by atoms with Crippen LogP contribution in [0.15, 0.2) is 76.3 Å². The molecule has 1 amide bonds. The number of rotatable bonds is 9. The quantitative estimate of drug-likeness (QED) is 0.316. The Bertz CT molecular complexity index is 1070. The molecule has 1 atom stereocenters. The van der Waals surface area contributed by atoms with Crippen LogP contribution in [-0.2, 0) is 4.79 Å². The lowest BCUT2D eigenvalue weighted by Crippen LogP contribution is -2.33. The highest BCUT2D eigenvalue weighted by Gasteiger charge is 2.14. The third kappa shape index (κ3) is 6.11. The van der Waals surface area contributed by atoms with Crippen molar-refractivity contribution in [2.45, 2.75) is 20.0 Å². The van der Waals surface area contributed by atoms with E-state index in [1.54, 1.807) is 20.1 Å². The zero-order chi connectivity index (χ0) is 22.9. The van der Waals surface area contributed by atoms with E-state index < -0.39 is 6.10 Å². The summed E-state index contributed by atoms with van der Waals surface area (Å²) >= 11 is 3.47. The van der Waals surface area contributed by atoms with E-state index in [1.165, 1.54) is 6.21 Å². The van der Waals surface area contributed by atoms with Gasteiger partial charge < -0.3 is 14.2 Å². The van der Waals surface area contributed by atoms with Crippen LogP contribution in [0.3, 0.4) is 0 Å². The Morgan fingerprint density at radius 3 is 2.44 bits per heavy atom. The van der Waals surface area contributed by atoms with Gasteiger partial charge in [-0.05, 0) is 70.7 Å². The molecule has 0 radical (unpaired) electrons. The Balaban J connectivity index is 1.58. The summed E-state index contributed by atoms with van der Waals surface area (Å²) in [5.41, 5.74) is 5.44. The van der Waals surface area contributed by atoms with Gasteiger partial charge in [0, 0.05) is 0 Å². The summed E-state index contributed by atoms with van der Waals surface area (Å²) in [6, 6.07) is 21.3. The number of carbonyl (C=O) groups is 1. The third-order valence-electron chi connectivity index (χ3n) is 4.57. The SMILES string of the molecule is CCOc1c(Br)cc(/C=N\NC(=O)[C@@H](C)Oc2ccc(-c3ccccc3)cc2)cc1OC. The molecule has 166 valence electrons. The first-order chi connectivity index (χ1) is 15.5. The molecule has 0 spiro atoms. The molecule has 3 aromatic rings. The summed E-state index contributed by atoms with van der Waals surface area (Å²) in [7, 11) is 1.57. The largest absolute Gasteiger partial charge is 0.493 e. The molecule has 32 heavy (non-hydrogen) atoms. The van der Waals surface area contributed by atoms with Gasteiger partial charge in [0.15, 0.2) is 17.6 Å². The van der Waals surface area contributed by atoms with E-state index in [9.17, 15) is 4.79 Å².